The van der Waals surface area contributed by atoms with Crippen LogP contribution in [0.5, 0.6) is 0 Å². The average molecular weight is 287 g/mol. The number of aliphatic hydroxyl groups is 1. The zero-order chi connectivity index (χ0) is 15.3. The fourth-order valence-electron chi connectivity index (χ4n) is 1.61. The van der Waals surface area contributed by atoms with Crippen LogP contribution in [0.1, 0.15) is 32.4 Å². The molecule has 0 bridgehead atoms. The van der Waals surface area contributed by atoms with E-state index in [2.05, 4.69) is 5.32 Å². The summed E-state index contributed by atoms with van der Waals surface area (Å²) >= 11 is 0. The molecule has 0 aliphatic rings. The summed E-state index contributed by atoms with van der Waals surface area (Å²) in [7, 11) is 0. The summed E-state index contributed by atoms with van der Waals surface area (Å²) in [6.07, 6.45) is -5.84. The Morgan fingerprint density at radius 1 is 1.25 bits per heavy atom. The van der Waals surface area contributed by atoms with Crippen LogP contribution < -0.4 is 5.32 Å². The second kappa shape index (κ2) is 6.65. The van der Waals surface area contributed by atoms with Crippen LogP contribution in [0, 0.1) is 0 Å². The fourth-order valence-corrected chi connectivity index (χ4v) is 1.61. The van der Waals surface area contributed by atoms with Gasteiger partial charge in [-0.25, -0.2) is 13.6 Å². The highest BCUT2D eigenvalue weighted by Crippen LogP contribution is 2.22. The third-order valence-electron chi connectivity index (χ3n) is 2.43. The van der Waals surface area contributed by atoms with Crippen LogP contribution in [0.4, 0.5) is 13.6 Å². The van der Waals surface area contributed by atoms with E-state index in [0.29, 0.717) is 5.56 Å². The van der Waals surface area contributed by atoms with Crippen molar-refractivity contribution >= 4 is 6.09 Å². The number of nitrogens with one attached hydrogen (secondary N) is 1. The third-order valence-corrected chi connectivity index (χ3v) is 2.43. The molecule has 0 fully saturated rings. The molecule has 112 valence electrons. The lowest BCUT2D eigenvalue weighted by molar-refractivity contribution is -0.0293. The molecule has 0 heterocycles. The van der Waals surface area contributed by atoms with Crippen molar-refractivity contribution in [1.82, 2.24) is 5.32 Å². The Morgan fingerprint density at radius 2 is 1.80 bits per heavy atom. The van der Waals surface area contributed by atoms with Gasteiger partial charge in [-0.05, 0) is 26.3 Å². The minimum absolute atomic E-state index is 0.381. The van der Waals surface area contributed by atoms with Gasteiger partial charge in [0.25, 0.3) is 6.43 Å². The summed E-state index contributed by atoms with van der Waals surface area (Å²) in [5, 5.41) is 11.8. The molecule has 0 aromatic heterocycles. The van der Waals surface area contributed by atoms with Gasteiger partial charge in [-0.1, -0.05) is 30.3 Å². The van der Waals surface area contributed by atoms with Gasteiger partial charge < -0.3 is 15.2 Å². The monoisotopic (exact) mass is 287 g/mol. The van der Waals surface area contributed by atoms with E-state index in [1.54, 1.807) is 51.1 Å². The van der Waals surface area contributed by atoms with Crippen molar-refractivity contribution in [3.8, 4) is 0 Å². The first-order valence-electron chi connectivity index (χ1n) is 6.21. The van der Waals surface area contributed by atoms with Crippen molar-refractivity contribution < 1.29 is 23.4 Å². The number of alkyl halides is 2. The predicted molar refractivity (Wildman–Crippen MR) is 70.6 cm³/mol. The maximum absolute atomic E-state index is 12.7. The number of carbonyl (C=O) groups excluding carboxylic acids is 1. The molecule has 2 N–H and O–H groups in total. The van der Waals surface area contributed by atoms with Gasteiger partial charge in [0.1, 0.15) is 11.7 Å². The first-order valence-corrected chi connectivity index (χ1v) is 6.21. The number of carbonyl (C=O) groups is 1. The Labute approximate surface area is 116 Å². The molecule has 1 rings (SSSR count). The molecule has 4 nitrogen and oxygen atoms in total. The normalized spacial score (nSPS) is 14.8. The highest BCUT2D eigenvalue weighted by Gasteiger charge is 2.31. The molecule has 2 unspecified atom stereocenters. The number of benzene rings is 1. The Morgan fingerprint density at radius 3 is 2.25 bits per heavy atom. The number of ether oxygens (including phenoxy) is 1. The van der Waals surface area contributed by atoms with E-state index in [-0.39, 0.29) is 0 Å². The summed E-state index contributed by atoms with van der Waals surface area (Å²) in [4.78, 5) is 11.7. The number of amides is 1. The van der Waals surface area contributed by atoms with E-state index >= 15 is 0 Å². The second-order valence-electron chi connectivity index (χ2n) is 5.36. The van der Waals surface area contributed by atoms with Gasteiger partial charge in [-0.3, -0.25) is 0 Å². The summed E-state index contributed by atoms with van der Waals surface area (Å²) in [5.74, 6) is 0. The molecule has 0 saturated heterocycles. The Kier molecular flexibility index (Phi) is 5.44. The molecular weight excluding hydrogens is 268 g/mol. The number of rotatable bonds is 4. The minimum Gasteiger partial charge on any atom is -0.444 e. The van der Waals surface area contributed by atoms with E-state index in [1.165, 1.54) is 0 Å². The molecule has 2 atom stereocenters. The standard InChI is InChI=1S/C14H19F2NO3/c1-14(2,3)20-13(19)17-10(11(18)12(15)16)9-7-5-4-6-8-9/h4-8,10-12,18H,1-3H3,(H,17,19). The van der Waals surface area contributed by atoms with Gasteiger partial charge >= 0.3 is 6.09 Å². The number of hydrogen-bond donors (Lipinski definition) is 2. The highest BCUT2D eigenvalue weighted by molar-refractivity contribution is 5.68. The van der Waals surface area contributed by atoms with E-state index in [0.717, 1.165) is 0 Å². The van der Waals surface area contributed by atoms with Crippen LogP contribution in [-0.2, 0) is 4.74 Å². The zero-order valence-corrected chi connectivity index (χ0v) is 11.6. The molecule has 0 radical (unpaired) electrons. The fraction of sp³-hybridized carbons (Fsp3) is 0.500. The topological polar surface area (TPSA) is 58.6 Å². The Balaban J connectivity index is 2.87. The van der Waals surface area contributed by atoms with Crippen molar-refractivity contribution in [2.45, 2.75) is 44.9 Å². The summed E-state index contributed by atoms with van der Waals surface area (Å²) in [6, 6.07) is 6.85. The number of hydrogen-bond acceptors (Lipinski definition) is 3. The summed E-state index contributed by atoms with van der Waals surface area (Å²) < 4.78 is 30.4. The molecule has 0 spiro atoms. The first kappa shape index (κ1) is 16.4. The van der Waals surface area contributed by atoms with Gasteiger partial charge in [-0.2, -0.15) is 0 Å². The van der Waals surface area contributed by atoms with Crippen molar-refractivity contribution in [2.24, 2.45) is 0 Å². The van der Waals surface area contributed by atoms with Crippen molar-refractivity contribution in [3.63, 3.8) is 0 Å². The van der Waals surface area contributed by atoms with Gasteiger partial charge in [-0.15, -0.1) is 0 Å². The maximum Gasteiger partial charge on any atom is 0.408 e. The first-order chi connectivity index (χ1) is 9.20. The molecule has 0 aliphatic carbocycles. The lowest BCUT2D eigenvalue weighted by Gasteiger charge is -2.26. The SMILES string of the molecule is CC(C)(C)OC(=O)NC(c1ccccc1)C(O)C(F)F. The van der Waals surface area contributed by atoms with Crippen LogP contribution >= 0.6 is 0 Å². The molecule has 1 aromatic rings. The van der Waals surface area contributed by atoms with Crippen LogP contribution in [0.25, 0.3) is 0 Å². The molecular formula is C14H19F2NO3. The molecule has 1 aromatic carbocycles. The Bertz CT molecular complexity index is 432. The molecule has 0 saturated carbocycles. The molecule has 1 amide bonds. The average Bonchev–Trinajstić information content (AvgIpc) is 2.34. The minimum atomic E-state index is -2.98. The predicted octanol–water partition coefficient (Wildman–Crippen LogP) is 2.88. The molecule has 20 heavy (non-hydrogen) atoms. The van der Waals surface area contributed by atoms with Crippen LogP contribution in [0.3, 0.4) is 0 Å². The largest absolute Gasteiger partial charge is 0.444 e. The number of halogens is 2. The lowest BCUT2D eigenvalue weighted by atomic mass is 10.0. The van der Waals surface area contributed by atoms with Crippen molar-refractivity contribution in [3.05, 3.63) is 35.9 Å². The van der Waals surface area contributed by atoms with E-state index in [1.807, 2.05) is 0 Å². The van der Waals surface area contributed by atoms with Gasteiger partial charge in [0, 0.05) is 0 Å². The number of alkyl carbamates (subject to hydrolysis) is 1. The highest BCUT2D eigenvalue weighted by atomic mass is 19.3. The van der Waals surface area contributed by atoms with E-state index in [9.17, 15) is 18.7 Å². The van der Waals surface area contributed by atoms with Crippen LogP contribution in [-0.4, -0.2) is 29.3 Å². The number of aliphatic hydroxyl groups excluding tert-OH is 1. The van der Waals surface area contributed by atoms with Crippen molar-refractivity contribution in [2.75, 3.05) is 0 Å². The van der Waals surface area contributed by atoms with Crippen molar-refractivity contribution in [1.29, 1.82) is 0 Å². The zero-order valence-electron chi connectivity index (χ0n) is 11.6. The van der Waals surface area contributed by atoms with Gasteiger partial charge in [0.2, 0.25) is 0 Å². The second-order valence-corrected chi connectivity index (χ2v) is 5.36. The lowest BCUT2D eigenvalue weighted by Crippen LogP contribution is -2.42. The van der Waals surface area contributed by atoms with Gasteiger partial charge in [0.05, 0.1) is 6.04 Å². The molecule has 6 heteroatoms. The molecule has 0 aliphatic heterocycles. The van der Waals surface area contributed by atoms with E-state index in [4.69, 9.17) is 4.74 Å². The Hall–Kier alpha value is -1.69. The summed E-state index contributed by atoms with van der Waals surface area (Å²) in [5.41, 5.74) is -0.368. The smallest absolute Gasteiger partial charge is 0.408 e. The van der Waals surface area contributed by atoms with E-state index < -0.39 is 30.3 Å². The van der Waals surface area contributed by atoms with Gasteiger partial charge in [0.15, 0.2) is 0 Å². The maximum atomic E-state index is 12.7. The van der Waals surface area contributed by atoms with Crippen LogP contribution in [0.15, 0.2) is 30.3 Å². The summed E-state index contributed by atoms with van der Waals surface area (Å²) in [6.45, 7) is 4.98. The van der Waals surface area contributed by atoms with Crippen LogP contribution in [0.2, 0.25) is 0 Å². The third kappa shape index (κ3) is 5.13. The quantitative estimate of drug-likeness (QED) is 0.895.